The van der Waals surface area contributed by atoms with Gasteiger partial charge in [0, 0.05) is 11.8 Å². The number of rotatable bonds is 4. The van der Waals surface area contributed by atoms with E-state index in [0.29, 0.717) is 6.01 Å². The lowest BCUT2D eigenvalue weighted by molar-refractivity contribution is 0.0920. The Bertz CT molecular complexity index is 337. The Morgan fingerprint density at radius 2 is 2.13 bits per heavy atom. The summed E-state index contributed by atoms with van der Waals surface area (Å²) in [6.45, 7) is 7.83. The van der Waals surface area contributed by atoms with Gasteiger partial charge in [-0.25, -0.2) is 9.97 Å². The Labute approximate surface area is 90.3 Å². The van der Waals surface area contributed by atoms with Gasteiger partial charge in [-0.2, -0.15) is 0 Å². The van der Waals surface area contributed by atoms with E-state index in [-0.39, 0.29) is 12.2 Å². The summed E-state index contributed by atoms with van der Waals surface area (Å²) >= 11 is 0. The van der Waals surface area contributed by atoms with Crippen LogP contribution in [0.1, 0.15) is 38.4 Å². The zero-order valence-corrected chi connectivity index (χ0v) is 9.74. The van der Waals surface area contributed by atoms with Crippen molar-refractivity contribution in [3.63, 3.8) is 0 Å². The topological polar surface area (TPSA) is 55.2 Å². The molecule has 4 heteroatoms. The monoisotopic (exact) mass is 210 g/mol. The first-order valence-corrected chi connectivity index (χ1v) is 5.11. The summed E-state index contributed by atoms with van der Waals surface area (Å²) in [4.78, 5) is 8.23. The number of aliphatic hydroxyl groups excluding tert-OH is 1. The van der Waals surface area contributed by atoms with Gasteiger partial charge in [-0.1, -0.05) is 6.92 Å². The number of aryl methyl sites for hydroxylation is 1. The number of nitrogens with zero attached hydrogens (tertiary/aromatic N) is 2. The number of aliphatic hydroxyl groups is 1. The van der Waals surface area contributed by atoms with E-state index in [1.54, 1.807) is 6.20 Å². The molecule has 0 saturated heterocycles. The average Bonchev–Trinajstić information content (AvgIpc) is 2.17. The van der Waals surface area contributed by atoms with E-state index in [4.69, 9.17) is 9.84 Å². The van der Waals surface area contributed by atoms with Crippen LogP contribution < -0.4 is 4.74 Å². The first-order chi connectivity index (χ1) is 6.98. The van der Waals surface area contributed by atoms with Crippen molar-refractivity contribution in [2.75, 3.05) is 0 Å². The van der Waals surface area contributed by atoms with Gasteiger partial charge >= 0.3 is 6.01 Å². The normalized spacial score (nSPS) is 11.5. The van der Waals surface area contributed by atoms with Crippen molar-refractivity contribution < 1.29 is 9.84 Å². The van der Waals surface area contributed by atoms with E-state index < -0.39 is 0 Å². The highest BCUT2D eigenvalue weighted by Crippen LogP contribution is 2.17. The van der Waals surface area contributed by atoms with E-state index in [1.807, 2.05) is 20.8 Å². The van der Waals surface area contributed by atoms with E-state index in [2.05, 4.69) is 16.9 Å². The lowest BCUT2D eigenvalue weighted by Gasteiger charge is -2.23. The van der Waals surface area contributed by atoms with E-state index in [0.717, 1.165) is 17.7 Å². The summed E-state index contributed by atoms with van der Waals surface area (Å²) in [5.74, 6) is 0. The van der Waals surface area contributed by atoms with Gasteiger partial charge in [0.15, 0.2) is 0 Å². The standard InChI is InChI=1S/C11H18N2O2/c1-5-11(3,4)15-10-12-6-9(7-14)8(2)13-10/h6,14H,5,7H2,1-4H3. The van der Waals surface area contributed by atoms with Crippen LogP contribution in [0.3, 0.4) is 0 Å². The molecule has 1 heterocycles. The lowest BCUT2D eigenvalue weighted by Crippen LogP contribution is -2.28. The van der Waals surface area contributed by atoms with Crippen LogP contribution in [-0.2, 0) is 6.61 Å². The lowest BCUT2D eigenvalue weighted by atomic mass is 10.1. The van der Waals surface area contributed by atoms with Gasteiger partial charge in [0.25, 0.3) is 0 Å². The molecule has 0 fully saturated rings. The molecule has 1 rings (SSSR count). The maximum absolute atomic E-state index is 8.97. The summed E-state index contributed by atoms with van der Waals surface area (Å²) in [5.41, 5.74) is 1.23. The molecule has 0 amide bonds. The van der Waals surface area contributed by atoms with Crippen LogP contribution in [0.4, 0.5) is 0 Å². The predicted molar refractivity (Wildman–Crippen MR) is 57.7 cm³/mol. The quantitative estimate of drug-likeness (QED) is 0.824. The third kappa shape index (κ3) is 3.16. The van der Waals surface area contributed by atoms with Gasteiger partial charge < -0.3 is 9.84 Å². The molecule has 1 aromatic rings. The molecule has 0 unspecified atom stereocenters. The van der Waals surface area contributed by atoms with E-state index in [9.17, 15) is 0 Å². The fraction of sp³-hybridized carbons (Fsp3) is 0.636. The fourth-order valence-electron chi connectivity index (χ4n) is 0.994. The van der Waals surface area contributed by atoms with Crippen LogP contribution in [0, 0.1) is 6.92 Å². The number of aromatic nitrogens is 2. The Kier molecular flexibility index (Phi) is 3.63. The molecule has 15 heavy (non-hydrogen) atoms. The summed E-state index contributed by atoms with van der Waals surface area (Å²) in [7, 11) is 0. The summed E-state index contributed by atoms with van der Waals surface area (Å²) in [5, 5.41) is 8.97. The second-order valence-electron chi connectivity index (χ2n) is 4.14. The zero-order chi connectivity index (χ0) is 11.5. The SMILES string of the molecule is CCC(C)(C)Oc1ncc(CO)c(C)n1. The molecular weight excluding hydrogens is 192 g/mol. The molecule has 0 saturated carbocycles. The maximum atomic E-state index is 8.97. The van der Waals surface area contributed by atoms with Gasteiger partial charge in [0.1, 0.15) is 5.60 Å². The molecule has 0 aliphatic carbocycles. The minimum atomic E-state index is -0.257. The molecule has 1 aromatic heterocycles. The second-order valence-corrected chi connectivity index (χ2v) is 4.14. The van der Waals surface area contributed by atoms with Crippen molar-refractivity contribution in [1.82, 2.24) is 9.97 Å². The largest absolute Gasteiger partial charge is 0.457 e. The molecule has 0 spiro atoms. The van der Waals surface area contributed by atoms with Gasteiger partial charge in [-0.05, 0) is 27.2 Å². The molecule has 0 aromatic carbocycles. The smallest absolute Gasteiger partial charge is 0.317 e. The van der Waals surface area contributed by atoms with Crippen molar-refractivity contribution in [3.05, 3.63) is 17.5 Å². The van der Waals surface area contributed by atoms with Crippen molar-refractivity contribution in [2.45, 2.75) is 46.3 Å². The number of hydrogen-bond donors (Lipinski definition) is 1. The van der Waals surface area contributed by atoms with Gasteiger partial charge in [-0.3, -0.25) is 0 Å². The Morgan fingerprint density at radius 3 is 2.60 bits per heavy atom. The molecule has 0 radical (unpaired) electrons. The molecule has 1 N–H and O–H groups in total. The van der Waals surface area contributed by atoms with E-state index in [1.165, 1.54) is 0 Å². The Balaban J connectivity index is 2.84. The Morgan fingerprint density at radius 1 is 1.47 bits per heavy atom. The fourth-order valence-corrected chi connectivity index (χ4v) is 0.994. The summed E-state index contributed by atoms with van der Waals surface area (Å²) < 4.78 is 5.63. The minimum absolute atomic E-state index is 0.0384. The van der Waals surface area contributed by atoms with Crippen molar-refractivity contribution in [1.29, 1.82) is 0 Å². The highest BCUT2D eigenvalue weighted by molar-refractivity contribution is 5.16. The molecule has 0 bridgehead atoms. The predicted octanol–water partition coefficient (Wildman–Crippen LogP) is 1.84. The van der Waals surface area contributed by atoms with Crippen LogP contribution in [0.2, 0.25) is 0 Å². The zero-order valence-electron chi connectivity index (χ0n) is 9.74. The first-order valence-electron chi connectivity index (χ1n) is 5.11. The molecule has 4 nitrogen and oxygen atoms in total. The van der Waals surface area contributed by atoms with Crippen LogP contribution in [0.15, 0.2) is 6.20 Å². The Hall–Kier alpha value is -1.16. The van der Waals surface area contributed by atoms with Crippen LogP contribution in [-0.4, -0.2) is 20.7 Å². The minimum Gasteiger partial charge on any atom is -0.457 e. The molecular formula is C11H18N2O2. The van der Waals surface area contributed by atoms with Crippen LogP contribution in [0.25, 0.3) is 0 Å². The molecule has 0 aliphatic rings. The number of hydrogen-bond acceptors (Lipinski definition) is 4. The van der Waals surface area contributed by atoms with Crippen molar-refractivity contribution >= 4 is 0 Å². The van der Waals surface area contributed by atoms with Crippen LogP contribution >= 0.6 is 0 Å². The third-order valence-corrected chi connectivity index (χ3v) is 2.45. The highest BCUT2D eigenvalue weighted by Gasteiger charge is 2.18. The molecule has 84 valence electrons. The summed E-state index contributed by atoms with van der Waals surface area (Å²) in [6, 6.07) is 0.372. The highest BCUT2D eigenvalue weighted by atomic mass is 16.5. The second kappa shape index (κ2) is 4.57. The average molecular weight is 210 g/mol. The third-order valence-electron chi connectivity index (χ3n) is 2.45. The maximum Gasteiger partial charge on any atom is 0.317 e. The van der Waals surface area contributed by atoms with Crippen molar-refractivity contribution in [2.24, 2.45) is 0 Å². The summed E-state index contributed by atoms with van der Waals surface area (Å²) in [6.07, 6.45) is 2.49. The van der Waals surface area contributed by atoms with Gasteiger partial charge in [0.05, 0.1) is 12.3 Å². The van der Waals surface area contributed by atoms with Crippen LogP contribution in [0.5, 0.6) is 6.01 Å². The van der Waals surface area contributed by atoms with Gasteiger partial charge in [0.2, 0.25) is 0 Å². The molecule has 0 aliphatic heterocycles. The van der Waals surface area contributed by atoms with Gasteiger partial charge in [-0.15, -0.1) is 0 Å². The number of ether oxygens (including phenoxy) is 1. The molecule has 0 atom stereocenters. The first kappa shape index (κ1) is 11.9. The van der Waals surface area contributed by atoms with Crippen molar-refractivity contribution in [3.8, 4) is 6.01 Å². The van der Waals surface area contributed by atoms with E-state index >= 15 is 0 Å².